The molecule has 26 heavy (non-hydrogen) atoms. The molecule has 1 fully saturated rings. The van der Waals surface area contributed by atoms with E-state index in [0.29, 0.717) is 6.54 Å². The van der Waals surface area contributed by atoms with E-state index in [-0.39, 0.29) is 24.2 Å². The van der Waals surface area contributed by atoms with Crippen LogP contribution in [0.25, 0.3) is 0 Å². The van der Waals surface area contributed by atoms with Gasteiger partial charge < -0.3 is 15.1 Å². The highest BCUT2D eigenvalue weighted by Gasteiger charge is 2.35. The average molecular weight is 351 g/mol. The predicted molar refractivity (Wildman–Crippen MR) is 106 cm³/mol. The standard InChI is InChI=1S/C21H25N3O2/c1-4-15-5-9-19(10-6-15)24-14-16(13-20(24)25)21(26)22-17-7-11-18(12-8-17)23(2)3/h5-12,16H,4,13-14H2,1-3H3,(H,22,26)/t16-/m0/s1. The van der Waals surface area contributed by atoms with E-state index in [1.807, 2.05) is 67.5 Å². The number of nitrogens with one attached hydrogen (secondary N) is 1. The first-order valence-electron chi connectivity index (χ1n) is 8.95. The lowest BCUT2D eigenvalue weighted by atomic mass is 10.1. The second-order valence-electron chi connectivity index (χ2n) is 6.86. The third-order valence-corrected chi connectivity index (χ3v) is 4.80. The van der Waals surface area contributed by atoms with E-state index < -0.39 is 0 Å². The van der Waals surface area contributed by atoms with E-state index in [2.05, 4.69) is 12.2 Å². The highest BCUT2D eigenvalue weighted by molar-refractivity contribution is 6.03. The third-order valence-electron chi connectivity index (χ3n) is 4.80. The van der Waals surface area contributed by atoms with Crippen LogP contribution in [-0.4, -0.2) is 32.5 Å². The number of anilines is 3. The Morgan fingerprint density at radius 1 is 1.12 bits per heavy atom. The van der Waals surface area contributed by atoms with Crippen LogP contribution in [0.5, 0.6) is 0 Å². The molecule has 1 N–H and O–H groups in total. The Bertz CT molecular complexity index is 782. The van der Waals surface area contributed by atoms with E-state index >= 15 is 0 Å². The molecule has 1 saturated heterocycles. The molecule has 0 bridgehead atoms. The molecule has 136 valence electrons. The van der Waals surface area contributed by atoms with Gasteiger partial charge in [-0.3, -0.25) is 9.59 Å². The molecule has 3 rings (SSSR count). The minimum Gasteiger partial charge on any atom is -0.378 e. The second-order valence-corrected chi connectivity index (χ2v) is 6.86. The van der Waals surface area contributed by atoms with Gasteiger partial charge in [-0.05, 0) is 48.4 Å². The van der Waals surface area contributed by atoms with Crippen molar-refractivity contribution in [1.29, 1.82) is 0 Å². The zero-order chi connectivity index (χ0) is 18.7. The van der Waals surface area contributed by atoms with Gasteiger partial charge in [0.2, 0.25) is 11.8 Å². The first-order chi connectivity index (χ1) is 12.5. The molecule has 5 heteroatoms. The van der Waals surface area contributed by atoms with Crippen molar-refractivity contribution in [3.05, 3.63) is 54.1 Å². The van der Waals surface area contributed by atoms with Crippen molar-refractivity contribution in [3.63, 3.8) is 0 Å². The van der Waals surface area contributed by atoms with Crippen LogP contribution in [0.3, 0.4) is 0 Å². The van der Waals surface area contributed by atoms with Crippen LogP contribution in [0.1, 0.15) is 18.9 Å². The molecule has 1 aliphatic rings. The summed E-state index contributed by atoms with van der Waals surface area (Å²) in [6.07, 6.45) is 1.21. The number of carbonyl (C=O) groups is 2. The number of amides is 2. The predicted octanol–water partition coefficient (Wildman–Crippen LogP) is 3.31. The molecular weight excluding hydrogens is 326 g/mol. The Hall–Kier alpha value is -2.82. The number of hydrogen-bond acceptors (Lipinski definition) is 3. The monoisotopic (exact) mass is 351 g/mol. The second kappa shape index (κ2) is 7.60. The van der Waals surface area contributed by atoms with E-state index in [9.17, 15) is 9.59 Å². The number of benzene rings is 2. The van der Waals surface area contributed by atoms with Gasteiger partial charge in [0.1, 0.15) is 0 Å². The SMILES string of the molecule is CCc1ccc(N2C[C@@H](C(=O)Nc3ccc(N(C)C)cc3)CC2=O)cc1. The van der Waals surface area contributed by atoms with Crippen molar-refractivity contribution in [1.82, 2.24) is 0 Å². The fourth-order valence-corrected chi connectivity index (χ4v) is 3.13. The molecule has 2 aromatic rings. The summed E-state index contributed by atoms with van der Waals surface area (Å²) in [5, 5.41) is 2.92. The van der Waals surface area contributed by atoms with Crippen LogP contribution in [0.4, 0.5) is 17.1 Å². The van der Waals surface area contributed by atoms with Crippen molar-refractivity contribution < 1.29 is 9.59 Å². The van der Waals surface area contributed by atoms with Crippen LogP contribution in [-0.2, 0) is 16.0 Å². The summed E-state index contributed by atoms with van der Waals surface area (Å²) in [7, 11) is 3.94. The summed E-state index contributed by atoms with van der Waals surface area (Å²) < 4.78 is 0. The van der Waals surface area contributed by atoms with Gasteiger partial charge in [-0.15, -0.1) is 0 Å². The number of rotatable bonds is 5. The van der Waals surface area contributed by atoms with E-state index in [1.54, 1.807) is 4.90 Å². The molecule has 0 aliphatic carbocycles. The molecule has 0 saturated carbocycles. The highest BCUT2D eigenvalue weighted by atomic mass is 16.2. The van der Waals surface area contributed by atoms with Gasteiger partial charge in [-0.1, -0.05) is 19.1 Å². The molecule has 2 amide bonds. The quantitative estimate of drug-likeness (QED) is 0.899. The van der Waals surface area contributed by atoms with Crippen molar-refractivity contribution in [2.45, 2.75) is 19.8 Å². The summed E-state index contributed by atoms with van der Waals surface area (Å²) in [4.78, 5) is 28.6. The molecule has 0 radical (unpaired) electrons. The normalized spacial score (nSPS) is 16.7. The summed E-state index contributed by atoms with van der Waals surface area (Å²) in [6, 6.07) is 15.6. The highest BCUT2D eigenvalue weighted by Crippen LogP contribution is 2.26. The molecule has 2 aromatic carbocycles. The lowest BCUT2D eigenvalue weighted by Gasteiger charge is -2.17. The van der Waals surface area contributed by atoms with Gasteiger partial charge in [0.15, 0.2) is 0 Å². The first kappa shape index (κ1) is 18.0. The van der Waals surface area contributed by atoms with Gasteiger partial charge in [0.25, 0.3) is 0 Å². The van der Waals surface area contributed by atoms with Gasteiger partial charge in [0.05, 0.1) is 5.92 Å². The largest absolute Gasteiger partial charge is 0.378 e. The van der Waals surface area contributed by atoms with Crippen molar-refractivity contribution in [3.8, 4) is 0 Å². The van der Waals surface area contributed by atoms with Crippen LogP contribution in [0, 0.1) is 5.92 Å². The van der Waals surface area contributed by atoms with Gasteiger partial charge in [0, 0.05) is 44.1 Å². The smallest absolute Gasteiger partial charge is 0.229 e. The topological polar surface area (TPSA) is 52.7 Å². The number of nitrogens with zero attached hydrogens (tertiary/aromatic N) is 2. The Morgan fingerprint density at radius 2 is 1.77 bits per heavy atom. The first-order valence-corrected chi connectivity index (χ1v) is 8.95. The van der Waals surface area contributed by atoms with Crippen molar-refractivity contribution in [2.24, 2.45) is 5.92 Å². The fourth-order valence-electron chi connectivity index (χ4n) is 3.13. The zero-order valence-electron chi connectivity index (χ0n) is 15.5. The molecule has 0 unspecified atom stereocenters. The number of hydrogen-bond donors (Lipinski definition) is 1. The van der Waals surface area contributed by atoms with Crippen molar-refractivity contribution >= 4 is 28.9 Å². The minimum atomic E-state index is -0.332. The maximum absolute atomic E-state index is 12.6. The maximum atomic E-state index is 12.6. The lowest BCUT2D eigenvalue weighted by molar-refractivity contribution is -0.122. The summed E-state index contributed by atoms with van der Waals surface area (Å²) in [5.74, 6) is -0.442. The van der Waals surface area contributed by atoms with Crippen molar-refractivity contribution in [2.75, 3.05) is 35.8 Å². The Balaban J connectivity index is 1.64. The number of aryl methyl sites for hydroxylation is 1. The van der Waals surface area contributed by atoms with Crippen LogP contribution in [0.2, 0.25) is 0 Å². The molecule has 1 heterocycles. The summed E-state index contributed by atoms with van der Waals surface area (Å²) in [5.41, 5.74) is 3.91. The summed E-state index contributed by atoms with van der Waals surface area (Å²) >= 11 is 0. The average Bonchev–Trinajstić information content (AvgIpc) is 3.04. The molecule has 0 aromatic heterocycles. The van der Waals surface area contributed by atoms with Crippen LogP contribution < -0.4 is 15.1 Å². The summed E-state index contributed by atoms with van der Waals surface area (Å²) in [6.45, 7) is 2.52. The van der Waals surface area contributed by atoms with Gasteiger partial charge in [-0.2, -0.15) is 0 Å². The molecular formula is C21H25N3O2. The Kier molecular flexibility index (Phi) is 5.26. The molecule has 1 atom stereocenters. The molecule has 1 aliphatic heterocycles. The van der Waals surface area contributed by atoms with Crippen LogP contribution >= 0.6 is 0 Å². The Morgan fingerprint density at radius 3 is 2.35 bits per heavy atom. The lowest BCUT2D eigenvalue weighted by Crippen LogP contribution is -2.28. The van der Waals surface area contributed by atoms with Gasteiger partial charge >= 0.3 is 0 Å². The zero-order valence-corrected chi connectivity index (χ0v) is 15.5. The third kappa shape index (κ3) is 3.87. The Labute approximate surface area is 154 Å². The van der Waals surface area contributed by atoms with Gasteiger partial charge in [-0.25, -0.2) is 0 Å². The van der Waals surface area contributed by atoms with E-state index in [1.165, 1.54) is 5.56 Å². The number of carbonyl (C=O) groups excluding carboxylic acids is 2. The molecule has 5 nitrogen and oxygen atoms in total. The van der Waals surface area contributed by atoms with E-state index in [0.717, 1.165) is 23.5 Å². The molecule has 0 spiro atoms. The fraction of sp³-hybridized carbons (Fsp3) is 0.333. The minimum absolute atomic E-state index is 0.00245. The van der Waals surface area contributed by atoms with Crippen LogP contribution in [0.15, 0.2) is 48.5 Å². The maximum Gasteiger partial charge on any atom is 0.229 e. The van der Waals surface area contributed by atoms with E-state index in [4.69, 9.17) is 0 Å².